The van der Waals surface area contributed by atoms with Crippen LogP contribution in [-0.4, -0.2) is 33.7 Å². The number of imidazole rings is 1. The molecule has 6 nitrogen and oxygen atoms in total. The van der Waals surface area contributed by atoms with E-state index < -0.39 is 0 Å². The topological polar surface area (TPSA) is 76.4 Å². The number of nitrogens with zero attached hydrogens (tertiary/aromatic N) is 2. The van der Waals surface area contributed by atoms with E-state index in [2.05, 4.69) is 10.3 Å². The molecule has 1 aromatic heterocycles. The van der Waals surface area contributed by atoms with Gasteiger partial charge in [0, 0.05) is 25.5 Å². The van der Waals surface area contributed by atoms with Crippen LogP contribution in [0.4, 0.5) is 0 Å². The zero-order chi connectivity index (χ0) is 15.1. The van der Waals surface area contributed by atoms with Gasteiger partial charge < -0.3 is 19.7 Å². The van der Waals surface area contributed by atoms with Crippen LogP contribution in [0, 0.1) is 0 Å². The minimum atomic E-state index is -0.306. The van der Waals surface area contributed by atoms with Gasteiger partial charge in [0.1, 0.15) is 0 Å². The van der Waals surface area contributed by atoms with E-state index >= 15 is 0 Å². The Morgan fingerprint density at radius 2 is 2.33 bits per heavy atom. The number of hydrogen-bond donors (Lipinski definition) is 2. The summed E-state index contributed by atoms with van der Waals surface area (Å²) in [6.45, 7) is 3.56. The van der Waals surface area contributed by atoms with Crippen molar-refractivity contribution in [3.8, 4) is 11.5 Å². The third kappa shape index (κ3) is 3.98. The van der Waals surface area contributed by atoms with E-state index in [1.807, 2.05) is 17.7 Å². The quantitative estimate of drug-likeness (QED) is 0.762. The number of ether oxygens (including phenoxy) is 1. The Kier molecular flexibility index (Phi) is 5.20. The summed E-state index contributed by atoms with van der Waals surface area (Å²) in [5, 5.41) is 12.8. The zero-order valence-corrected chi connectivity index (χ0v) is 12.0. The van der Waals surface area contributed by atoms with Crippen LogP contribution in [0.5, 0.6) is 11.5 Å². The van der Waals surface area contributed by atoms with Crippen molar-refractivity contribution in [3.63, 3.8) is 0 Å². The van der Waals surface area contributed by atoms with Crippen molar-refractivity contribution < 1.29 is 14.6 Å². The van der Waals surface area contributed by atoms with Crippen LogP contribution in [0.1, 0.15) is 23.7 Å². The lowest BCUT2D eigenvalue weighted by Crippen LogP contribution is -2.25. The second kappa shape index (κ2) is 7.33. The SMILES string of the molecule is CCOc1cccc(C(=O)NCCCn2ccnc2)c1O. The summed E-state index contributed by atoms with van der Waals surface area (Å²) in [5.74, 6) is -0.102. The second-order valence-electron chi connectivity index (χ2n) is 4.50. The predicted molar refractivity (Wildman–Crippen MR) is 78.5 cm³/mol. The molecule has 0 aliphatic rings. The minimum absolute atomic E-state index is 0.119. The molecule has 2 rings (SSSR count). The fourth-order valence-electron chi connectivity index (χ4n) is 1.96. The number of phenolic OH excluding ortho intramolecular Hbond substituents is 1. The average Bonchev–Trinajstić information content (AvgIpc) is 2.99. The van der Waals surface area contributed by atoms with Gasteiger partial charge in [-0.3, -0.25) is 4.79 Å². The van der Waals surface area contributed by atoms with Crippen LogP contribution >= 0.6 is 0 Å². The standard InChI is InChI=1S/C15H19N3O3/c1-2-21-13-6-3-5-12(14(13)19)15(20)17-7-4-9-18-10-8-16-11-18/h3,5-6,8,10-11,19H,2,4,7,9H2,1H3,(H,17,20). The number of amides is 1. The summed E-state index contributed by atoms with van der Waals surface area (Å²) in [6, 6.07) is 4.89. The highest BCUT2D eigenvalue weighted by molar-refractivity contribution is 5.97. The van der Waals surface area contributed by atoms with E-state index in [0.29, 0.717) is 18.9 Å². The Morgan fingerprint density at radius 1 is 1.48 bits per heavy atom. The van der Waals surface area contributed by atoms with E-state index in [0.717, 1.165) is 13.0 Å². The zero-order valence-electron chi connectivity index (χ0n) is 12.0. The number of benzene rings is 1. The molecule has 0 fully saturated rings. The fraction of sp³-hybridized carbons (Fsp3) is 0.333. The Hall–Kier alpha value is -2.50. The maximum absolute atomic E-state index is 12.0. The molecule has 6 heteroatoms. The summed E-state index contributed by atoms with van der Waals surface area (Å²) < 4.78 is 7.21. The number of para-hydroxylation sites is 1. The van der Waals surface area contributed by atoms with Gasteiger partial charge in [-0.05, 0) is 25.5 Å². The van der Waals surface area contributed by atoms with E-state index in [-0.39, 0.29) is 17.2 Å². The third-order valence-corrected chi connectivity index (χ3v) is 2.98. The van der Waals surface area contributed by atoms with Crippen molar-refractivity contribution in [1.82, 2.24) is 14.9 Å². The van der Waals surface area contributed by atoms with Crippen LogP contribution in [0.15, 0.2) is 36.9 Å². The Morgan fingerprint density at radius 3 is 3.05 bits per heavy atom. The van der Waals surface area contributed by atoms with Crippen molar-refractivity contribution in [2.75, 3.05) is 13.2 Å². The van der Waals surface area contributed by atoms with Crippen molar-refractivity contribution in [3.05, 3.63) is 42.5 Å². The molecule has 0 saturated heterocycles. The molecule has 1 heterocycles. The Labute approximate surface area is 123 Å². The summed E-state index contributed by atoms with van der Waals surface area (Å²) in [4.78, 5) is 16.0. The third-order valence-electron chi connectivity index (χ3n) is 2.98. The van der Waals surface area contributed by atoms with Gasteiger partial charge in [-0.2, -0.15) is 0 Å². The Balaban J connectivity index is 1.86. The molecule has 0 spiro atoms. The fourth-order valence-corrected chi connectivity index (χ4v) is 1.96. The number of rotatable bonds is 7. The normalized spacial score (nSPS) is 10.3. The van der Waals surface area contributed by atoms with Gasteiger partial charge in [-0.25, -0.2) is 4.98 Å². The highest BCUT2D eigenvalue weighted by Crippen LogP contribution is 2.29. The molecule has 1 aromatic carbocycles. The number of carbonyl (C=O) groups is 1. The van der Waals surface area contributed by atoms with Crippen LogP contribution in [0.2, 0.25) is 0 Å². The first-order valence-electron chi connectivity index (χ1n) is 6.91. The lowest BCUT2D eigenvalue weighted by Gasteiger charge is -2.10. The van der Waals surface area contributed by atoms with Crippen molar-refractivity contribution in [2.45, 2.75) is 19.9 Å². The largest absolute Gasteiger partial charge is 0.504 e. The molecule has 112 valence electrons. The molecular weight excluding hydrogens is 270 g/mol. The molecule has 2 aromatic rings. The van der Waals surface area contributed by atoms with Crippen LogP contribution in [0.3, 0.4) is 0 Å². The average molecular weight is 289 g/mol. The first-order valence-corrected chi connectivity index (χ1v) is 6.91. The molecule has 0 saturated carbocycles. The lowest BCUT2D eigenvalue weighted by molar-refractivity contribution is 0.0949. The number of carbonyl (C=O) groups excluding carboxylic acids is 1. The molecule has 0 atom stereocenters. The van der Waals surface area contributed by atoms with Crippen LogP contribution in [0.25, 0.3) is 0 Å². The molecule has 0 aliphatic carbocycles. The summed E-state index contributed by atoms with van der Waals surface area (Å²) >= 11 is 0. The number of hydrogen-bond acceptors (Lipinski definition) is 4. The highest BCUT2D eigenvalue weighted by Gasteiger charge is 2.14. The maximum Gasteiger partial charge on any atom is 0.255 e. The molecular formula is C15H19N3O3. The molecule has 0 unspecified atom stereocenters. The lowest BCUT2D eigenvalue weighted by atomic mass is 10.1. The van der Waals surface area contributed by atoms with Gasteiger partial charge in [0.25, 0.3) is 5.91 Å². The van der Waals surface area contributed by atoms with Gasteiger partial charge in [-0.15, -0.1) is 0 Å². The van der Waals surface area contributed by atoms with E-state index in [1.165, 1.54) is 0 Å². The smallest absolute Gasteiger partial charge is 0.255 e. The van der Waals surface area contributed by atoms with Crippen molar-refractivity contribution in [1.29, 1.82) is 0 Å². The summed E-state index contributed by atoms with van der Waals surface area (Å²) in [6.07, 6.45) is 6.11. The highest BCUT2D eigenvalue weighted by atomic mass is 16.5. The van der Waals surface area contributed by atoms with E-state index in [4.69, 9.17) is 4.74 Å². The first-order chi connectivity index (χ1) is 10.2. The molecule has 1 amide bonds. The molecule has 21 heavy (non-hydrogen) atoms. The number of nitrogens with one attached hydrogen (secondary N) is 1. The van der Waals surface area contributed by atoms with E-state index in [1.54, 1.807) is 30.7 Å². The van der Waals surface area contributed by atoms with Crippen LogP contribution < -0.4 is 10.1 Å². The van der Waals surface area contributed by atoms with E-state index in [9.17, 15) is 9.90 Å². The number of aryl methyl sites for hydroxylation is 1. The Bertz CT molecular complexity index is 582. The van der Waals surface area contributed by atoms with Gasteiger partial charge in [0.15, 0.2) is 11.5 Å². The predicted octanol–water partition coefficient (Wildman–Crippen LogP) is 1.81. The number of aromatic hydroxyl groups is 1. The summed E-state index contributed by atoms with van der Waals surface area (Å²) in [7, 11) is 0. The van der Waals surface area contributed by atoms with Crippen molar-refractivity contribution in [2.24, 2.45) is 0 Å². The molecule has 0 aliphatic heterocycles. The summed E-state index contributed by atoms with van der Waals surface area (Å²) in [5.41, 5.74) is 0.226. The van der Waals surface area contributed by atoms with Gasteiger partial charge >= 0.3 is 0 Å². The first kappa shape index (κ1) is 14.9. The minimum Gasteiger partial charge on any atom is -0.504 e. The van der Waals surface area contributed by atoms with Gasteiger partial charge in [-0.1, -0.05) is 6.07 Å². The number of aromatic nitrogens is 2. The molecule has 2 N–H and O–H groups in total. The molecule has 0 radical (unpaired) electrons. The van der Waals surface area contributed by atoms with Gasteiger partial charge in [0.2, 0.25) is 0 Å². The van der Waals surface area contributed by atoms with Crippen molar-refractivity contribution >= 4 is 5.91 Å². The van der Waals surface area contributed by atoms with Crippen LogP contribution in [-0.2, 0) is 6.54 Å². The maximum atomic E-state index is 12.0. The number of phenols is 1. The molecule has 0 bridgehead atoms. The monoisotopic (exact) mass is 289 g/mol. The second-order valence-corrected chi connectivity index (χ2v) is 4.50. The van der Waals surface area contributed by atoms with Gasteiger partial charge in [0.05, 0.1) is 18.5 Å².